The first-order valence-electron chi connectivity index (χ1n) is 6.69. The summed E-state index contributed by atoms with van der Waals surface area (Å²) in [5, 5.41) is 14.1. The van der Waals surface area contributed by atoms with E-state index in [1.807, 2.05) is 0 Å². The molecule has 24 heavy (non-hydrogen) atoms. The van der Waals surface area contributed by atoms with Gasteiger partial charge >= 0.3 is 0 Å². The van der Waals surface area contributed by atoms with Gasteiger partial charge < -0.3 is 14.6 Å². The molecular formula is C16H14BrClN2O4. The van der Waals surface area contributed by atoms with Crippen LogP contribution in [0.15, 0.2) is 39.9 Å². The third kappa shape index (κ3) is 4.39. The minimum absolute atomic E-state index is 0.0274. The Balaban J connectivity index is 2.16. The molecule has 0 heterocycles. The highest BCUT2D eigenvalue weighted by atomic mass is 79.9. The molecule has 0 aliphatic carbocycles. The van der Waals surface area contributed by atoms with Crippen molar-refractivity contribution in [3.05, 3.63) is 51.0 Å². The summed E-state index contributed by atoms with van der Waals surface area (Å²) in [5.41, 5.74) is 3.04. The maximum absolute atomic E-state index is 12.2. The van der Waals surface area contributed by atoms with Crippen LogP contribution in [0, 0.1) is 0 Å². The number of aromatic hydroxyl groups is 1. The van der Waals surface area contributed by atoms with E-state index in [2.05, 4.69) is 26.5 Å². The molecule has 0 saturated heterocycles. The molecule has 1 amide bonds. The lowest BCUT2D eigenvalue weighted by molar-refractivity contribution is 0.0954. The third-order valence-electron chi connectivity index (χ3n) is 3.04. The minimum Gasteiger partial charge on any atom is -0.506 e. The standard InChI is InChI=1S/C16H14BrClN2O4/c1-23-12-4-9(5-13(7-12)24-2)16(22)20-19-8-10-3-11(18)6-14(17)15(10)21/h3-8,21H,1-2H3,(H,20,22). The molecule has 0 spiro atoms. The number of carbonyl (C=O) groups excluding carboxylic acids is 1. The second kappa shape index (κ2) is 8.03. The summed E-state index contributed by atoms with van der Waals surface area (Å²) >= 11 is 9.08. The van der Waals surface area contributed by atoms with Crippen molar-refractivity contribution in [1.82, 2.24) is 5.43 Å². The van der Waals surface area contributed by atoms with Crippen molar-refractivity contribution in [2.24, 2.45) is 5.10 Å². The Bertz CT molecular complexity index is 774. The number of rotatable bonds is 5. The molecule has 126 valence electrons. The van der Waals surface area contributed by atoms with Crippen molar-refractivity contribution in [2.75, 3.05) is 14.2 Å². The summed E-state index contributed by atoms with van der Waals surface area (Å²) in [6.45, 7) is 0. The summed E-state index contributed by atoms with van der Waals surface area (Å²) in [7, 11) is 2.99. The van der Waals surface area contributed by atoms with Crippen molar-refractivity contribution in [2.45, 2.75) is 0 Å². The first-order valence-corrected chi connectivity index (χ1v) is 7.86. The lowest BCUT2D eigenvalue weighted by Gasteiger charge is -2.07. The topological polar surface area (TPSA) is 80.2 Å². The lowest BCUT2D eigenvalue weighted by atomic mass is 10.2. The molecule has 0 saturated carbocycles. The van der Waals surface area contributed by atoms with Crippen LogP contribution in [-0.2, 0) is 0 Å². The summed E-state index contributed by atoms with van der Waals surface area (Å²) in [5.74, 6) is 0.490. The summed E-state index contributed by atoms with van der Waals surface area (Å²) in [6.07, 6.45) is 1.29. The average molecular weight is 414 g/mol. The van der Waals surface area contributed by atoms with Gasteiger partial charge in [-0.1, -0.05) is 11.6 Å². The van der Waals surface area contributed by atoms with Gasteiger partial charge in [0.25, 0.3) is 5.91 Å². The number of nitrogens with one attached hydrogen (secondary N) is 1. The number of hydrazone groups is 1. The first-order chi connectivity index (χ1) is 11.4. The highest BCUT2D eigenvalue weighted by Crippen LogP contribution is 2.30. The molecule has 0 aliphatic heterocycles. The van der Waals surface area contributed by atoms with Gasteiger partial charge in [-0.3, -0.25) is 4.79 Å². The van der Waals surface area contributed by atoms with E-state index >= 15 is 0 Å². The zero-order chi connectivity index (χ0) is 17.7. The van der Waals surface area contributed by atoms with E-state index in [1.165, 1.54) is 26.5 Å². The Morgan fingerprint density at radius 3 is 2.42 bits per heavy atom. The Labute approximate surface area is 152 Å². The van der Waals surface area contributed by atoms with E-state index in [0.717, 1.165) is 0 Å². The quantitative estimate of drug-likeness (QED) is 0.580. The van der Waals surface area contributed by atoms with Gasteiger partial charge in [0.05, 0.1) is 24.9 Å². The van der Waals surface area contributed by atoms with Crippen molar-refractivity contribution in [3.8, 4) is 17.2 Å². The average Bonchev–Trinajstić information content (AvgIpc) is 2.58. The maximum Gasteiger partial charge on any atom is 0.271 e. The number of hydrogen-bond acceptors (Lipinski definition) is 5. The molecule has 0 fully saturated rings. The summed E-state index contributed by atoms with van der Waals surface area (Å²) < 4.78 is 10.7. The molecule has 0 radical (unpaired) electrons. The number of carbonyl (C=O) groups is 1. The van der Waals surface area contributed by atoms with Gasteiger partial charge in [0, 0.05) is 22.2 Å². The van der Waals surface area contributed by atoms with Crippen LogP contribution in [0.3, 0.4) is 0 Å². The number of hydrogen-bond donors (Lipinski definition) is 2. The molecular weight excluding hydrogens is 400 g/mol. The number of nitrogens with zero attached hydrogens (tertiary/aromatic N) is 1. The number of benzene rings is 2. The van der Waals surface area contributed by atoms with Crippen molar-refractivity contribution in [1.29, 1.82) is 0 Å². The molecule has 0 atom stereocenters. The van der Waals surface area contributed by atoms with Crippen molar-refractivity contribution >= 4 is 39.7 Å². The molecule has 8 heteroatoms. The Hall–Kier alpha value is -2.25. The number of methoxy groups -OCH3 is 2. The van der Waals surface area contributed by atoms with Gasteiger partial charge in [-0.05, 0) is 40.2 Å². The van der Waals surface area contributed by atoms with E-state index in [9.17, 15) is 9.90 Å². The second-order valence-corrected chi connectivity index (χ2v) is 5.92. The summed E-state index contributed by atoms with van der Waals surface area (Å²) in [4.78, 5) is 12.2. The van der Waals surface area contributed by atoms with Gasteiger partial charge in [0.15, 0.2) is 0 Å². The molecule has 0 unspecified atom stereocenters. The predicted molar refractivity (Wildman–Crippen MR) is 95.4 cm³/mol. The number of phenolic OH excluding ortho intramolecular Hbond substituents is 1. The van der Waals surface area contributed by atoms with Crippen LogP contribution >= 0.6 is 27.5 Å². The largest absolute Gasteiger partial charge is 0.506 e. The van der Waals surface area contributed by atoms with E-state index < -0.39 is 5.91 Å². The zero-order valence-corrected chi connectivity index (χ0v) is 15.2. The SMILES string of the molecule is COc1cc(OC)cc(C(=O)NN=Cc2cc(Cl)cc(Br)c2O)c1. The van der Waals surface area contributed by atoms with E-state index in [0.29, 0.717) is 32.1 Å². The molecule has 2 N–H and O–H groups in total. The van der Waals surface area contributed by atoms with Gasteiger partial charge in [-0.15, -0.1) is 0 Å². The monoisotopic (exact) mass is 412 g/mol. The third-order valence-corrected chi connectivity index (χ3v) is 3.86. The van der Waals surface area contributed by atoms with Gasteiger partial charge in [0.2, 0.25) is 0 Å². The number of amides is 1. The first kappa shape index (κ1) is 18.1. The fourth-order valence-electron chi connectivity index (χ4n) is 1.85. The van der Waals surface area contributed by atoms with Gasteiger partial charge in [-0.2, -0.15) is 5.10 Å². The Morgan fingerprint density at radius 2 is 1.83 bits per heavy atom. The number of phenols is 1. The van der Waals surface area contributed by atoms with Crippen LogP contribution in [0.2, 0.25) is 5.02 Å². The lowest BCUT2D eigenvalue weighted by Crippen LogP contribution is -2.17. The van der Waals surface area contributed by atoms with Gasteiger partial charge in [-0.25, -0.2) is 5.43 Å². The van der Waals surface area contributed by atoms with Gasteiger partial charge in [0.1, 0.15) is 17.2 Å². The van der Waals surface area contributed by atoms with E-state index in [4.69, 9.17) is 21.1 Å². The minimum atomic E-state index is -0.455. The van der Waals surface area contributed by atoms with Crippen molar-refractivity contribution in [3.63, 3.8) is 0 Å². The molecule has 0 aromatic heterocycles. The zero-order valence-electron chi connectivity index (χ0n) is 12.8. The molecule has 2 aromatic rings. The fraction of sp³-hybridized carbons (Fsp3) is 0.125. The predicted octanol–water partition coefficient (Wildman–Crippen LogP) is 3.59. The number of halogens is 2. The molecule has 2 aromatic carbocycles. The van der Waals surface area contributed by atoms with E-state index in [-0.39, 0.29) is 5.75 Å². The Kier molecular flexibility index (Phi) is 6.05. The van der Waals surface area contributed by atoms with Crippen LogP contribution in [0.1, 0.15) is 15.9 Å². The van der Waals surface area contributed by atoms with Crippen LogP contribution in [0.25, 0.3) is 0 Å². The molecule has 0 aliphatic rings. The van der Waals surface area contributed by atoms with Crippen molar-refractivity contribution < 1.29 is 19.4 Å². The number of ether oxygens (including phenoxy) is 2. The fourth-order valence-corrected chi connectivity index (χ4v) is 2.68. The second-order valence-electron chi connectivity index (χ2n) is 4.63. The summed E-state index contributed by atoms with van der Waals surface area (Å²) in [6, 6.07) is 7.84. The van der Waals surface area contributed by atoms with Crippen LogP contribution in [0.4, 0.5) is 0 Å². The maximum atomic E-state index is 12.2. The van der Waals surface area contributed by atoms with Crippen LogP contribution in [-0.4, -0.2) is 31.4 Å². The van der Waals surface area contributed by atoms with Crippen LogP contribution in [0.5, 0.6) is 17.2 Å². The molecule has 6 nitrogen and oxygen atoms in total. The van der Waals surface area contributed by atoms with Crippen LogP contribution < -0.4 is 14.9 Å². The normalized spacial score (nSPS) is 10.7. The highest BCUT2D eigenvalue weighted by molar-refractivity contribution is 9.10. The Morgan fingerprint density at radius 1 is 1.21 bits per heavy atom. The molecule has 2 rings (SSSR count). The highest BCUT2D eigenvalue weighted by Gasteiger charge is 2.10. The van der Waals surface area contributed by atoms with E-state index in [1.54, 1.807) is 24.3 Å². The smallest absolute Gasteiger partial charge is 0.271 e. The molecule has 0 bridgehead atoms.